The van der Waals surface area contributed by atoms with Gasteiger partial charge >= 0.3 is 11.3 Å². The van der Waals surface area contributed by atoms with Crippen LogP contribution in [0.1, 0.15) is 11.3 Å². The number of ether oxygens (including phenoxy) is 1. The fourth-order valence-corrected chi connectivity index (χ4v) is 7.27. The molecule has 0 fully saturated rings. The lowest BCUT2D eigenvalue weighted by atomic mass is 9.90. The van der Waals surface area contributed by atoms with Crippen LogP contribution < -0.4 is 13.9 Å². The molecule has 1 unspecified atom stereocenters. The van der Waals surface area contributed by atoms with Gasteiger partial charge in [0.2, 0.25) is 11.4 Å². The van der Waals surface area contributed by atoms with Crippen LogP contribution in [0.5, 0.6) is 11.6 Å². The largest absolute Gasteiger partial charge is 0.422 e. The molecule has 0 N–H and O–H groups in total. The van der Waals surface area contributed by atoms with Crippen LogP contribution in [0.3, 0.4) is 0 Å². The zero-order valence-electron chi connectivity index (χ0n) is 18.6. The van der Waals surface area contributed by atoms with E-state index < -0.39 is 5.66 Å². The summed E-state index contributed by atoms with van der Waals surface area (Å²) in [6.45, 7) is 0. The van der Waals surface area contributed by atoms with Gasteiger partial charge in [0.1, 0.15) is 16.8 Å². The molecule has 3 aliphatic rings. The molecule has 7 heterocycles. The van der Waals surface area contributed by atoms with E-state index in [-0.39, 0.29) is 0 Å². The quantitative estimate of drug-likeness (QED) is 0.217. The van der Waals surface area contributed by atoms with Crippen LogP contribution in [0.4, 0.5) is 0 Å². The van der Waals surface area contributed by atoms with Crippen LogP contribution >= 0.6 is 0 Å². The lowest BCUT2D eigenvalue weighted by molar-refractivity contribution is -0.952. The van der Waals surface area contributed by atoms with E-state index in [1.165, 1.54) is 60.6 Å². The number of benzene rings is 3. The van der Waals surface area contributed by atoms with Crippen molar-refractivity contribution in [2.45, 2.75) is 5.66 Å². The zero-order valence-corrected chi connectivity index (χ0v) is 18.6. The van der Waals surface area contributed by atoms with Crippen LogP contribution in [-0.2, 0) is 5.66 Å². The third-order valence-corrected chi connectivity index (χ3v) is 8.36. The highest BCUT2D eigenvalue weighted by atomic mass is 16.5. The molecule has 0 bridgehead atoms. The van der Waals surface area contributed by atoms with Crippen molar-refractivity contribution in [3.05, 3.63) is 115 Å². The second-order valence-corrected chi connectivity index (χ2v) is 9.78. The summed E-state index contributed by atoms with van der Waals surface area (Å²) in [7, 11) is 0. The topological polar surface area (TPSA) is 21.4 Å². The molecule has 7 aromatic rings. The fourth-order valence-electron chi connectivity index (χ4n) is 7.27. The molecule has 3 aliphatic heterocycles. The maximum absolute atomic E-state index is 6.64. The normalized spacial score (nSPS) is 18.1. The predicted octanol–water partition coefficient (Wildman–Crippen LogP) is 5.67. The summed E-state index contributed by atoms with van der Waals surface area (Å²) >= 11 is 0. The van der Waals surface area contributed by atoms with Crippen molar-refractivity contribution in [2.24, 2.45) is 0 Å². The van der Waals surface area contributed by atoms with Gasteiger partial charge in [-0.1, -0.05) is 42.5 Å². The minimum atomic E-state index is -0.554. The first kappa shape index (κ1) is 16.8. The molecule has 4 aromatic heterocycles. The highest BCUT2D eigenvalue weighted by Crippen LogP contribution is 2.54. The zero-order chi connectivity index (χ0) is 22.5. The first-order valence-corrected chi connectivity index (χ1v) is 12.1. The van der Waals surface area contributed by atoms with Crippen LogP contribution in [0.2, 0.25) is 0 Å². The highest BCUT2D eigenvalue weighted by Gasteiger charge is 2.70. The standard InChI is InChI=1S/C31H17N3O/c1-2-9-19-18(8-1)22-15-16-26-34-30(22)33-28(19)20-10-3-4-11-21(20)29(33)31(34)27-23(12-7-14-25(27)35-26)24-13-5-6-17-32(24)31/h1-17H/q+2. The first-order chi connectivity index (χ1) is 17.4. The third kappa shape index (κ3) is 1.53. The van der Waals surface area contributed by atoms with Crippen molar-refractivity contribution in [1.29, 1.82) is 0 Å². The maximum atomic E-state index is 6.64. The van der Waals surface area contributed by atoms with Gasteiger partial charge in [0.05, 0.1) is 10.9 Å². The minimum absolute atomic E-state index is 0.554. The monoisotopic (exact) mass is 447 g/mol. The van der Waals surface area contributed by atoms with Gasteiger partial charge in [-0.25, -0.2) is 0 Å². The van der Waals surface area contributed by atoms with E-state index in [0.717, 1.165) is 11.6 Å². The molecule has 3 aromatic carbocycles. The van der Waals surface area contributed by atoms with Gasteiger partial charge in [-0.15, -0.1) is 9.13 Å². The van der Waals surface area contributed by atoms with Gasteiger partial charge in [-0.2, -0.15) is 4.40 Å². The second kappa shape index (κ2) is 5.18. The number of hydrogen-bond acceptors (Lipinski definition) is 1. The molecule has 0 saturated heterocycles. The van der Waals surface area contributed by atoms with Crippen molar-refractivity contribution in [3.8, 4) is 22.9 Å². The smallest absolute Gasteiger partial charge is 0.407 e. The Morgan fingerprint density at radius 3 is 2.31 bits per heavy atom. The maximum Gasteiger partial charge on any atom is 0.407 e. The summed E-state index contributed by atoms with van der Waals surface area (Å²) in [5.74, 6) is 1.80. The summed E-state index contributed by atoms with van der Waals surface area (Å²) in [5, 5.41) is 6.37. The molecular weight excluding hydrogens is 430 g/mol. The first-order valence-electron chi connectivity index (χ1n) is 12.1. The molecule has 4 heteroatoms. The summed E-state index contributed by atoms with van der Waals surface area (Å²) in [4.78, 5) is 0. The highest BCUT2D eigenvalue weighted by molar-refractivity contribution is 6.20. The minimum Gasteiger partial charge on any atom is -0.422 e. The Balaban J connectivity index is 1.63. The second-order valence-electron chi connectivity index (χ2n) is 9.78. The number of pyridine rings is 3. The Kier molecular flexibility index (Phi) is 2.49. The van der Waals surface area contributed by atoms with Crippen LogP contribution in [-0.4, -0.2) is 4.40 Å². The Labute approximate surface area is 199 Å². The van der Waals surface area contributed by atoms with E-state index in [9.17, 15) is 0 Å². The molecule has 0 saturated carbocycles. The summed E-state index contributed by atoms with van der Waals surface area (Å²) in [6.07, 6.45) is 2.24. The summed E-state index contributed by atoms with van der Waals surface area (Å²) in [5.41, 5.74) is 6.86. The van der Waals surface area contributed by atoms with Crippen molar-refractivity contribution < 1.29 is 13.9 Å². The van der Waals surface area contributed by atoms with Gasteiger partial charge < -0.3 is 4.74 Å². The molecule has 0 amide bonds. The Hall–Kier alpha value is -4.70. The molecule has 0 radical (unpaired) electrons. The van der Waals surface area contributed by atoms with Crippen LogP contribution in [0.25, 0.3) is 49.4 Å². The lowest BCUT2D eigenvalue weighted by Gasteiger charge is -2.26. The van der Waals surface area contributed by atoms with E-state index in [1.807, 2.05) is 0 Å². The van der Waals surface area contributed by atoms with Crippen LogP contribution in [0, 0.1) is 0 Å². The number of rotatable bonds is 0. The van der Waals surface area contributed by atoms with Gasteiger partial charge in [-0.05, 0) is 36.4 Å². The van der Waals surface area contributed by atoms with E-state index in [2.05, 4.69) is 117 Å². The molecule has 0 aliphatic carbocycles. The van der Waals surface area contributed by atoms with Crippen molar-refractivity contribution in [2.75, 3.05) is 0 Å². The fraction of sp³-hybridized carbons (Fsp3) is 0.0323. The van der Waals surface area contributed by atoms with Crippen molar-refractivity contribution >= 4 is 38.1 Å². The predicted molar refractivity (Wildman–Crippen MR) is 134 cm³/mol. The number of fused-ring (bicyclic) bond motifs is 8. The summed E-state index contributed by atoms with van der Waals surface area (Å²) in [6, 6.07) is 35.1. The summed E-state index contributed by atoms with van der Waals surface area (Å²) < 4.78 is 14.1. The molecule has 4 nitrogen and oxygen atoms in total. The Morgan fingerprint density at radius 2 is 1.43 bits per heavy atom. The van der Waals surface area contributed by atoms with Gasteiger partial charge in [0.25, 0.3) is 5.88 Å². The molecule has 1 spiro atoms. The molecular formula is C31H17N3O+2. The number of aromatic nitrogens is 3. The van der Waals surface area contributed by atoms with Gasteiger partial charge in [0, 0.05) is 39.7 Å². The average molecular weight is 447 g/mol. The van der Waals surface area contributed by atoms with E-state index in [4.69, 9.17) is 4.74 Å². The molecule has 160 valence electrons. The Morgan fingerprint density at radius 1 is 0.657 bits per heavy atom. The van der Waals surface area contributed by atoms with E-state index >= 15 is 0 Å². The third-order valence-electron chi connectivity index (χ3n) is 8.36. The lowest BCUT2D eigenvalue weighted by Crippen LogP contribution is -2.72. The Bertz CT molecular complexity index is 2160. The van der Waals surface area contributed by atoms with Crippen molar-refractivity contribution in [1.82, 2.24) is 4.40 Å². The van der Waals surface area contributed by atoms with Crippen LogP contribution in [0.15, 0.2) is 103 Å². The number of nitrogens with zero attached hydrogens (tertiary/aromatic N) is 3. The molecule has 1 atom stereocenters. The molecule has 10 rings (SSSR count). The molecule has 35 heavy (non-hydrogen) atoms. The number of hydrogen-bond donors (Lipinski definition) is 0. The van der Waals surface area contributed by atoms with Gasteiger partial charge in [0.15, 0.2) is 6.20 Å². The van der Waals surface area contributed by atoms with E-state index in [1.54, 1.807) is 0 Å². The SMILES string of the molecule is c1cc2c3c(c1)-c1cccc[n+]1C31c3c4ccccc4c4c5ccccc5c5ccc([n+]1c5n34)O2. The van der Waals surface area contributed by atoms with Gasteiger partial charge in [-0.3, -0.25) is 0 Å². The van der Waals surface area contributed by atoms with Crippen molar-refractivity contribution in [3.63, 3.8) is 0 Å². The van der Waals surface area contributed by atoms with E-state index in [0.29, 0.717) is 0 Å². The average Bonchev–Trinajstić information content (AvgIpc) is 3.53.